The minimum Gasteiger partial charge on any atom is -0.478 e. The number of carboxylic acids is 1. The van der Waals surface area contributed by atoms with Crippen LogP contribution < -0.4 is 5.32 Å². The van der Waals surface area contributed by atoms with Gasteiger partial charge in [-0.1, -0.05) is 22.9 Å². The summed E-state index contributed by atoms with van der Waals surface area (Å²) in [7, 11) is 0. The number of hydrogen-bond donors (Lipinski definition) is 2. The number of nitrogens with one attached hydrogen (secondary N) is 1. The second-order valence-electron chi connectivity index (χ2n) is 4.11. The monoisotopic (exact) mass is 345 g/mol. The predicted molar refractivity (Wildman–Crippen MR) is 79.7 cm³/mol. The van der Waals surface area contributed by atoms with Gasteiger partial charge in [0.05, 0.1) is 11.3 Å². The summed E-state index contributed by atoms with van der Waals surface area (Å²) in [6, 6.07) is 5.05. The van der Waals surface area contributed by atoms with Crippen molar-refractivity contribution in [3.8, 4) is 0 Å². The van der Waals surface area contributed by atoms with E-state index in [2.05, 4.69) is 21.2 Å². The fourth-order valence-electron chi connectivity index (χ4n) is 1.35. The van der Waals surface area contributed by atoms with E-state index >= 15 is 0 Å². The van der Waals surface area contributed by atoms with E-state index in [4.69, 9.17) is 5.11 Å². The molecule has 1 aromatic carbocycles. The fraction of sp³-hybridized carbons (Fsp3) is 0.385. The van der Waals surface area contributed by atoms with Gasteiger partial charge >= 0.3 is 5.97 Å². The van der Waals surface area contributed by atoms with Crippen LogP contribution in [0.25, 0.3) is 0 Å². The molecular formula is C13H16BrNO3S. The van der Waals surface area contributed by atoms with Crippen LogP contribution in [-0.4, -0.2) is 28.8 Å². The van der Waals surface area contributed by atoms with Gasteiger partial charge in [0.15, 0.2) is 0 Å². The first-order chi connectivity index (χ1) is 8.93. The Hall–Kier alpha value is -1.01. The fourth-order valence-corrected chi connectivity index (χ4v) is 2.76. The molecule has 0 spiro atoms. The highest BCUT2D eigenvalue weighted by Gasteiger charge is 2.13. The number of carboxylic acid groups (broad SMARTS) is 1. The number of halogens is 1. The standard InChI is InChI=1S/C13H16BrNO3S/c1-3-8(2)15-12(16)7-19-11-6-9(14)4-5-10(11)13(17)18/h4-6,8H,3,7H2,1-2H3,(H,15,16)(H,17,18). The van der Waals surface area contributed by atoms with Gasteiger partial charge in [-0.25, -0.2) is 4.79 Å². The third-order valence-corrected chi connectivity index (χ3v) is 4.10. The van der Waals surface area contributed by atoms with Crippen molar-refractivity contribution in [3.63, 3.8) is 0 Å². The number of aromatic carboxylic acids is 1. The van der Waals surface area contributed by atoms with Crippen molar-refractivity contribution in [3.05, 3.63) is 28.2 Å². The first-order valence-electron chi connectivity index (χ1n) is 5.89. The first kappa shape index (κ1) is 16.0. The van der Waals surface area contributed by atoms with Crippen molar-refractivity contribution >= 4 is 39.6 Å². The summed E-state index contributed by atoms with van der Waals surface area (Å²) in [5.41, 5.74) is 0.213. The highest BCUT2D eigenvalue weighted by atomic mass is 79.9. The van der Waals surface area contributed by atoms with Gasteiger partial charge in [-0.2, -0.15) is 0 Å². The number of benzene rings is 1. The number of rotatable bonds is 6. The smallest absolute Gasteiger partial charge is 0.336 e. The summed E-state index contributed by atoms with van der Waals surface area (Å²) < 4.78 is 0.794. The van der Waals surface area contributed by atoms with Crippen molar-refractivity contribution in [2.24, 2.45) is 0 Å². The van der Waals surface area contributed by atoms with E-state index < -0.39 is 5.97 Å². The maximum Gasteiger partial charge on any atom is 0.336 e. The molecule has 0 aromatic heterocycles. The van der Waals surface area contributed by atoms with E-state index in [1.54, 1.807) is 12.1 Å². The molecule has 4 nitrogen and oxygen atoms in total. The minimum atomic E-state index is -0.989. The summed E-state index contributed by atoms with van der Waals surface area (Å²) in [6.07, 6.45) is 0.869. The average molecular weight is 346 g/mol. The summed E-state index contributed by atoms with van der Waals surface area (Å²) in [5, 5.41) is 11.9. The summed E-state index contributed by atoms with van der Waals surface area (Å²) in [4.78, 5) is 23.3. The van der Waals surface area contributed by atoms with E-state index in [0.717, 1.165) is 10.9 Å². The highest BCUT2D eigenvalue weighted by Crippen LogP contribution is 2.26. The molecule has 1 amide bonds. The van der Waals surface area contributed by atoms with Gasteiger partial charge in [-0.05, 0) is 31.5 Å². The normalized spacial score (nSPS) is 11.9. The third-order valence-electron chi connectivity index (χ3n) is 2.55. The lowest BCUT2D eigenvalue weighted by molar-refractivity contribution is -0.119. The Morgan fingerprint density at radius 1 is 1.47 bits per heavy atom. The van der Waals surface area contributed by atoms with E-state index in [1.807, 2.05) is 13.8 Å². The molecular weight excluding hydrogens is 330 g/mol. The van der Waals surface area contributed by atoms with E-state index in [0.29, 0.717) is 4.90 Å². The maximum absolute atomic E-state index is 11.7. The molecule has 1 atom stereocenters. The Balaban J connectivity index is 2.69. The van der Waals surface area contributed by atoms with Crippen LogP contribution in [0.2, 0.25) is 0 Å². The van der Waals surface area contributed by atoms with Gasteiger partial charge in [0, 0.05) is 15.4 Å². The summed E-state index contributed by atoms with van der Waals surface area (Å²) in [6.45, 7) is 3.93. The largest absolute Gasteiger partial charge is 0.478 e. The molecule has 1 aromatic rings. The van der Waals surface area contributed by atoms with Crippen LogP contribution in [0.4, 0.5) is 0 Å². The van der Waals surface area contributed by atoms with Gasteiger partial charge in [0.2, 0.25) is 5.91 Å². The van der Waals surface area contributed by atoms with Crippen molar-refractivity contribution in [1.82, 2.24) is 5.32 Å². The molecule has 19 heavy (non-hydrogen) atoms. The third kappa shape index (κ3) is 5.24. The molecule has 2 N–H and O–H groups in total. The Labute approximate surface area is 125 Å². The Morgan fingerprint density at radius 3 is 2.74 bits per heavy atom. The van der Waals surface area contributed by atoms with Crippen LogP contribution in [0.15, 0.2) is 27.6 Å². The van der Waals surface area contributed by atoms with E-state index in [9.17, 15) is 9.59 Å². The topological polar surface area (TPSA) is 66.4 Å². The van der Waals surface area contributed by atoms with Crippen molar-refractivity contribution in [2.45, 2.75) is 31.2 Å². The van der Waals surface area contributed by atoms with Crippen LogP contribution in [-0.2, 0) is 4.79 Å². The van der Waals surface area contributed by atoms with Gasteiger partial charge in [0.25, 0.3) is 0 Å². The number of carbonyl (C=O) groups excluding carboxylic acids is 1. The molecule has 0 saturated heterocycles. The van der Waals surface area contributed by atoms with Crippen LogP contribution >= 0.6 is 27.7 Å². The zero-order valence-corrected chi connectivity index (χ0v) is 13.2. The van der Waals surface area contributed by atoms with E-state index in [-0.39, 0.29) is 23.3 Å². The molecule has 0 bridgehead atoms. The molecule has 1 rings (SSSR count). The molecule has 104 valence electrons. The number of amides is 1. The lowest BCUT2D eigenvalue weighted by Gasteiger charge is -2.11. The zero-order chi connectivity index (χ0) is 14.4. The molecule has 0 saturated carbocycles. The lowest BCUT2D eigenvalue weighted by Crippen LogP contribution is -2.33. The summed E-state index contributed by atoms with van der Waals surface area (Å²) >= 11 is 4.52. The molecule has 0 aliphatic heterocycles. The van der Waals surface area contributed by atoms with Gasteiger partial charge in [-0.15, -0.1) is 11.8 Å². The Kier molecular flexibility index (Phi) is 6.37. The van der Waals surface area contributed by atoms with Gasteiger partial charge in [-0.3, -0.25) is 4.79 Å². The molecule has 6 heteroatoms. The Morgan fingerprint density at radius 2 is 2.16 bits per heavy atom. The molecule has 0 radical (unpaired) electrons. The molecule has 0 aliphatic carbocycles. The van der Waals surface area contributed by atoms with Gasteiger partial charge in [0.1, 0.15) is 0 Å². The molecule has 0 fully saturated rings. The molecule has 1 unspecified atom stereocenters. The van der Waals surface area contributed by atoms with Crippen LogP contribution in [0.5, 0.6) is 0 Å². The quantitative estimate of drug-likeness (QED) is 0.777. The van der Waals surface area contributed by atoms with Gasteiger partial charge < -0.3 is 10.4 Å². The summed E-state index contributed by atoms with van der Waals surface area (Å²) in [5.74, 6) is -0.867. The second kappa shape index (κ2) is 7.55. The number of hydrogen-bond acceptors (Lipinski definition) is 3. The molecule has 0 heterocycles. The maximum atomic E-state index is 11.7. The van der Waals surface area contributed by atoms with Crippen molar-refractivity contribution < 1.29 is 14.7 Å². The predicted octanol–water partition coefficient (Wildman–Crippen LogP) is 3.15. The Bertz CT molecular complexity index is 479. The highest BCUT2D eigenvalue weighted by molar-refractivity contribution is 9.10. The van der Waals surface area contributed by atoms with E-state index in [1.165, 1.54) is 17.8 Å². The minimum absolute atomic E-state index is 0.0873. The van der Waals surface area contributed by atoms with Crippen molar-refractivity contribution in [2.75, 3.05) is 5.75 Å². The number of carbonyl (C=O) groups is 2. The second-order valence-corrected chi connectivity index (χ2v) is 6.04. The number of thioether (sulfide) groups is 1. The molecule has 0 aliphatic rings. The van der Waals surface area contributed by atoms with Crippen LogP contribution in [0.3, 0.4) is 0 Å². The first-order valence-corrected chi connectivity index (χ1v) is 7.67. The lowest BCUT2D eigenvalue weighted by atomic mass is 10.2. The van der Waals surface area contributed by atoms with Crippen LogP contribution in [0.1, 0.15) is 30.6 Å². The van der Waals surface area contributed by atoms with Crippen LogP contribution in [0, 0.1) is 0 Å². The zero-order valence-electron chi connectivity index (χ0n) is 10.8. The SMILES string of the molecule is CCC(C)NC(=O)CSc1cc(Br)ccc1C(=O)O. The van der Waals surface area contributed by atoms with Crippen molar-refractivity contribution in [1.29, 1.82) is 0 Å². The average Bonchev–Trinajstić information content (AvgIpc) is 2.35.